The van der Waals surface area contributed by atoms with Crippen molar-refractivity contribution < 1.29 is 28.5 Å². The number of benzene rings is 2. The van der Waals surface area contributed by atoms with Crippen LogP contribution >= 0.6 is 0 Å². The van der Waals surface area contributed by atoms with Crippen LogP contribution in [0.3, 0.4) is 0 Å². The number of fused-ring (bicyclic) bond motifs is 3. The minimum Gasteiger partial charge on any atom is -0.497 e. The highest BCUT2D eigenvalue weighted by molar-refractivity contribution is 5.84. The van der Waals surface area contributed by atoms with Crippen LogP contribution in [0, 0.1) is 5.92 Å². The molecule has 2 atom stereocenters. The number of rotatable bonds is 11. The van der Waals surface area contributed by atoms with Crippen LogP contribution in [0.4, 0.5) is 5.69 Å². The molecule has 3 aromatic carbocycles. The fourth-order valence-electron chi connectivity index (χ4n) is 5.70. The zero-order chi connectivity index (χ0) is 32.0. The number of methoxy groups -OCH3 is 4. The van der Waals surface area contributed by atoms with Crippen molar-refractivity contribution in [1.82, 2.24) is 10.6 Å². The summed E-state index contributed by atoms with van der Waals surface area (Å²) in [6.45, 7) is 5.41. The van der Waals surface area contributed by atoms with E-state index in [0.717, 1.165) is 22.4 Å². The molecule has 44 heavy (non-hydrogen) atoms. The van der Waals surface area contributed by atoms with Gasteiger partial charge in [-0.2, -0.15) is 0 Å². The van der Waals surface area contributed by atoms with Crippen LogP contribution < -0.4 is 40.3 Å². The van der Waals surface area contributed by atoms with Crippen LogP contribution in [0.5, 0.6) is 23.0 Å². The van der Waals surface area contributed by atoms with Crippen molar-refractivity contribution in [3.8, 4) is 34.1 Å². The third-order valence-corrected chi connectivity index (χ3v) is 7.81. The summed E-state index contributed by atoms with van der Waals surface area (Å²) in [5.74, 6) is 1.82. The van der Waals surface area contributed by atoms with Gasteiger partial charge in [-0.15, -0.1) is 0 Å². The average molecular weight is 604 g/mol. The molecule has 0 saturated heterocycles. The number of hydrogen-bond donors (Lipinski definition) is 3. The number of aryl methyl sites for hydroxylation is 1. The fraction of sp³-hybridized carbons (Fsp3) is 0.382. The molecule has 2 amide bonds. The van der Waals surface area contributed by atoms with Gasteiger partial charge in [0, 0.05) is 12.5 Å². The summed E-state index contributed by atoms with van der Waals surface area (Å²) in [7, 11) is 6.26. The molecule has 0 radical (unpaired) electrons. The normalized spacial score (nSPS) is 14.3. The van der Waals surface area contributed by atoms with E-state index in [4.69, 9.17) is 18.9 Å². The van der Waals surface area contributed by atoms with Gasteiger partial charge >= 0.3 is 0 Å². The van der Waals surface area contributed by atoms with Crippen LogP contribution in [0.1, 0.15) is 56.0 Å². The summed E-state index contributed by atoms with van der Waals surface area (Å²) >= 11 is 0. The zero-order valence-electron chi connectivity index (χ0n) is 26.3. The maximum atomic E-state index is 13.6. The third kappa shape index (κ3) is 6.90. The minimum absolute atomic E-state index is 0.108. The van der Waals surface area contributed by atoms with Crippen molar-refractivity contribution in [3.05, 3.63) is 75.4 Å². The molecule has 234 valence electrons. The van der Waals surface area contributed by atoms with E-state index in [-0.39, 0.29) is 41.4 Å². The molecule has 0 heterocycles. The standard InChI is InChI=1S/C34H41N3O7/c1-19(2)32(21-8-11-23(41-4)12-9-21)37-30(40)18-35-27-15-13-24-25(17-28(27)39)26(36-20(3)38)14-10-22-16-29(42-5)33(43-6)34(44-7)31(22)24/h8-9,11-13,15-17,19,26,32H,10,14,18H2,1-7H3,(H,35,39)(H,36,38)(H,37,40)/t26-,32-/m0/s1. The Labute approximate surface area is 258 Å². The van der Waals surface area contributed by atoms with Gasteiger partial charge in [-0.1, -0.05) is 32.0 Å². The Kier molecular flexibility index (Phi) is 10.4. The van der Waals surface area contributed by atoms with Crippen molar-refractivity contribution in [3.63, 3.8) is 0 Å². The molecule has 3 N–H and O–H groups in total. The number of ether oxygens (including phenoxy) is 4. The lowest BCUT2D eigenvalue weighted by Gasteiger charge is -2.23. The molecule has 0 aliphatic heterocycles. The molecule has 10 nitrogen and oxygen atoms in total. The number of carbonyl (C=O) groups excluding carboxylic acids is 2. The van der Waals surface area contributed by atoms with E-state index in [1.54, 1.807) is 27.4 Å². The fourth-order valence-corrected chi connectivity index (χ4v) is 5.70. The first kappa shape index (κ1) is 32.2. The van der Waals surface area contributed by atoms with Gasteiger partial charge in [-0.25, -0.2) is 0 Å². The van der Waals surface area contributed by atoms with Crippen molar-refractivity contribution in [2.45, 2.75) is 45.7 Å². The van der Waals surface area contributed by atoms with Crippen LogP contribution in [0.2, 0.25) is 0 Å². The first-order valence-electron chi connectivity index (χ1n) is 14.6. The smallest absolute Gasteiger partial charge is 0.239 e. The Hall–Kier alpha value is -4.73. The summed E-state index contributed by atoms with van der Waals surface area (Å²) in [4.78, 5) is 38.8. The number of carbonyl (C=O) groups is 2. The first-order valence-corrected chi connectivity index (χ1v) is 14.6. The first-order chi connectivity index (χ1) is 21.1. The Morgan fingerprint density at radius 1 is 0.909 bits per heavy atom. The average Bonchev–Trinajstić information content (AvgIpc) is 3.25. The van der Waals surface area contributed by atoms with E-state index in [0.29, 0.717) is 41.2 Å². The SMILES string of the molecule is COc1ccc([C@@H](NC(=O)CNc2ccc3c(cc2=O)[C@@H](NC(C)=O)CCc2cc(OC)c(OC)c(OC)c2-3)C(C)C)cc1. The van der Waals surface area contributed by atoms with E-state index in [9.17, 15) is 14.4 Å². The zero-order valence-corrected chi connectivity index (χ0v) is 26.3. The maximum absolute atomic E-state index is 13.6. The highest BCUT2D eigenvalue weighted by Gasteiger charge is 2.29. The van der Waals surface area contributed by atoms with Crippen molar-refractivity contribution >= 4 is 17.5 Å². The molecular weight excluding hydrogens is 562 g/mol. The van der Waals surface area contributed by atoms with Crippen LogP contribution in [-0.2, 0) is 16.0 Å². The molecule has 4 rings (SSSR count). The Balaban J connectivity index is 1.70. The molecule has 0 bridgehead atoms. The quantitative estimate of drug-likeness (QED) is 0.286. The van der Waals surface area contributed by atoms with Crippen molar-refractivity contribution in [2.24, 2.45) is 5.92 Å². The molecule has 0 unspecified atom stereocenters. The predicted octanol–water partition coefficient (Wildman–Crippen LogP) is 4.80. The largest absolute Gasteiger partial charge is 0.497 e. The lowest BCUT2D eigenvalue weighted by atomic mass is 9.95. The lowest BCUT2D eigenvalue weighted by Crippen LogP contribution is -2.36. The van der Waals surface area contributed by atoms with Gasteiger partial charge in [0.05, 0.1) is 52.8 Å². The second-order valence-electron chi connectivity index (χ2n) is 11.0. The maximum Gasteiger partial charge on any atom is 0.239 e. The number of anilines is 1. The summed E-state index contributed by atoms with van der Waals surface area (Å²) in [5.41, 5.74) is 3.94. The van der Waals surface area contributed by atoms with E-state index in [1.165, 1.54) is 20.1 Å². The Morgan fingerprint density at radius 3 is 2.20 bits per heavy atom. The minimum atomic E-state index is -0.427. The predicted molar refractivity (Wildman–Crippen MR) is 170 cm³/mol. The molecular formula is C34H41N3O7. The number of hydrogen-bond acceptors (Lipinski definition) is 8. The second-order valence-corrected chi connectivity index (χ2v) is 11.0. The highest BCUT2D eigenvalue weighted by Crippen LogP contribution is 2.50. The van der Waals surface area contributed by atoms with Gasteiger partial charge in [0.15, 0.2) is 11.5 Å². The second kappa shape index (κ2) is 14.2. The van der Waals surface area contributed by atoms with Crippen LogP contribution in [-0.4, -0.2) is 46.8 Å². The van der Waals surface area contributed by atoms with Crippen LogP contribution in [0.15, 0.2) is 53.3 Å². The molecule has 3 aromatic rings. The van der Waals surface area contributed by atoms with Gasteiger partial charge in [-0.05, 0) is 71.3 Å². The van der Waals surface area contributed by atoms with Crippen LogP contribution in [0.25, 0.3) is 11.1 Å². The van der Waals surface area contributed by atoms with E-state index in [2.05, 4.69) is 16.0 Å². The number of nitrogens with one attached hydrogen (secondary N) is 3. The van der Waals surface area contributed by atoms with E-state index >= 15 is 0 Å². The Bertz CT molecular complexity index is 1570. The monoisotopic (exact) mass is 603 g/mol. The van der Waals surface area contributed by atoms with E-state index in [1.807, 2.05) is 50.2 Å². The van der Waals surface area contributed by atoms with Gasteiger partial charge in [0.25, 0.3) is 0 Å². The molecule has 0 fully saturated rings. The molecule has 1 aliphatic rings. The van der Waals surface area contributed by atoms with Gasteiger partial charge in [0.1, 0.15) is 5.75 Å². The van der Waals surface area contributed by atoms with Gasteiger partial charge in [0.2, 0.25) is 23.0 Å². The third-order valence-electron chi connectivity index (χ3n) is 7.81. The lowest BCUT2D eigenvalue weighted by molar-refractivity contribution is -0.121. The molecule has 1 aliphatic carbocycles. The molecule has 0 aromatic heterocycles. The van der Waals surface area contributed by atoms with Crippen molar-refractivity contribution in [1.29, 1.82) is 0 Å². The topological polar surface area (TPSA) is 124 Å². The number of amides is 2. The summed E-state index contributed by atoms with van der Waals surface area (Å²) in [5, 5.41) is 9.10. The van der Waals surface area contributed by atoms with Crippen molar-refractivity contribution in [2.75, 3.05) is 40.3 Å². The summed E-state index contributed by atoms with van der Waals surface area (Å²) in [6, 6.07) is 13.8. The molecule has 0 spiro atoms. The molecule has 10 heteroatoms. The van der Waals surface area contributed by atoms with Gasteiger partial charge in [-0.3, -0.25) is 14.4 Å². The van der Waals surface area contributed by atoms with Gasteiger partial charge < -0.3 is 34.9 Å². The summed E-state index contributed by atoms with van der Waals surface area (Å²) < 4.78 is 22.3. The van der Waals surface area contributed by atoms with E-state index < -0.39 is 6.04 Å². The highest BCUT2D eigenvalue weighted by atomic mass is 16.5. The molecule has 0 saturated carbocycles. The summed E-state index contributed by atoms with van der Waals surface area (Å²) in [6.07, 6.45) is 1.15. The Morgan fingerprint density at radius 2 is 1.61 bits per heavy atom.